The fourth-order valence-corrected chi connectivity index (χ4v) is 2.69. The van der Waals surface area contributed by atoms with Gasteiger partial charge in [0.1, 0.15) is 4.60 Å². The second kappa shape index (κ2) is 6.78. The molecule has 0 aliphatic carbocycles. The molecule has 1 aromatic heterocycles. The summed E-state index contributed by atoms with van der Waals surface area (Å²) >= 11 is 3.37. The van der Waals surface area contributed by atoms with Crippen molar-refractivity contribution in [2.75, 3.05) is 0 Å². The lowest BCUT2D eigenvalue weighted by Gasteiger charge is -2.23. The van der Waals surface area contributed by atoms with Crippen molar-refractivity contribution >= 4 is 26.9 Å². The lowest BCUT2D eigenvalue weighted by Crippen LogP contribution is -2.36. The summed E-state index contributed by atoms with van der Waals surface area (Å²) in [5.41, 5.74) is 0.934. The number of nitrogens with one attached hydrogen (secondary N) is 1. The molecular weight excluding hydrogens is 312 g/mol. The minimum Gasteiger partial charge on any atom is -0.244 e. The van der Waals surface area contributed by atoms with E-state index in [4.69, 9.17) is 0 Å². The molecule has 0 bridgehead atoms. The summed E-state index contributed by atoms with van der Waals surface area (Å²) in [7, 11) is -1.08. The third-order valence-corrected chi connectivity index (χ3v) is 4.53. The molecule has 102 valence electrons. The zero-order valence-electron chi connectivity index (χ0n) is 11.4. The van der Waals surface area contributed by atoms with Crippen LogP contribution in [0.1, 0.15) is 52.3 Å². The molecule has 0 spiro atoms. The lowest BCUT2D eigenvalue weighted by atomic mass is 10.1. The van der Waals surface area contributed by atoms with Gasteiger partial charge in [0.25, 0.3) is 0 Å². The predicted octanol–water partition coefficient (Wildman–Crippen LogP) is 3.74. The number of nitrogens with zero attached hydrogens (tertiary/aromatic N) is 1. The third-order valence-electron chi connectivity index (χ3n) is 2.48. The maximum atomic E-state index is 12.2. The van der Waals surface area contributed by atoms with Crippen molar-refractivity contribution in [3.63, 3.8) is 0 Å². The zero-order chi connectivity index (χ0) is 13.8. The van der Waals surface area contributed by atoms with Crippen LogP contribution in [-0.4, -0.2) is 13.9 Å². The van der Waals surface area contributed by atoms with Crippen LogP contribution in [0, 0.1) is 0 Å². The molecule has 0 saturated heterocycles. The average Bonchev–Trinajstić information content (AvgIpc) is 2.27. The highest BCUT2D eigenvalue weighted by Gasteiger charge is 2.23. The highest BCUT2D eigenvalue weighted by Crippen LogP contribution is 2.21. The van der Waals surface area contributed by atoms with Crippen molar-refractivity contribution in [3.8, 4) is 0 Å². The van der Waals surface area contributed by atoms with E-state index in [1.54, 1.807) is 0 Å². The summed E-state index contributed by atoms with van der Waals surface area (Å²) in [6.07, 6.45) is 1.94. The number of rotatable bonds is 5. The number of hydrogen-bond acceptors (Lipinski definition) is 2. The van der Waals surface area contributed by atoms with Gasteiger partial charge in [-0.1, -0.05) is 19.4 Å². The summed E-state index contributed by atoms with van der Waals surface area (Å²) in [5, 5.41) is 0. The van der Waals surface area contributed by atoms with Gasteiger partial charge in [0.15, 0.2) is 0 Å². The van der Waals surface area contributed by atoms with Crippen LogP contribution in [0.15, 0.2) is 22.8 Å². The number of aromatic nitrogens is 1. The predicted molar refractivity (Wildman–Crippen MR) is 80.6 cm³/mol. The molecule has 0 unspecified atom stereocenters. The number of pyridine rings is 1. The second-order valence-electron chi connectivity index (χ2n) is 5.23. The molecule has 5 heteroatoms. The summed E-state index contributed by atoms with van der Waals surface area (Å²) in [5.74, 6) is 0. The van der Waals surface area contributed by atoms with E-state index in [0.717, 1.165) is 23.1 Å². The molecule has 0 amide bonds. The van der Waals surface area contributed by atoms with E-state index < -0.39 is 11.0 Å². The molecule has 0 aromatic carbocycles. The van der Waals surface area contributed by atoms with Crippen LogP contribution in [-0.2, 0) is 11.0 Å². The van der Waals surface area contributed by atoms with Crippen LogP contribution in [0.25, 0.3) is 0 Å². The highest BCUT2D eigenvalue weighted by atomic mass is 79.9. The Morgan fingerprint density at radius 2 is 2.11 bits per heavy atom. The fourth-order valence-electron chi connectivity index (χ4n) is 1.48. The van der Waals surface area contributed by atoms with Crippen molar-refractivity contribution in [3.05, 3.63) is 28.5 Å². The van der Waals surface area contributed by atoms with Crippen molar-refractivity contribution in [2.24, 2.45) is 0 Å². The van der Waals surface area contributed by atoms with E-state index in [2.05, 4.69) is 32.6 Å². The van der Waals surface area contributed by atoms with Gasteiger partial charge in [-0.05, 0) is 55.3 Å². The minimum atomic E-state index is -1.08. The molecule has 3 nitrogen and oxygen atoms in total. The van der Waals surface area contributed by atoms with Crippen molar-refractivity contribution < 1.29 is 4.21 Å². The topological polar surface area (TPSA) is 42.0 Å². The van der Waals surface area contributed by atoms with Gasteiger partial charge in [0.2, 0.25) is 0 Å². The van der Waals surface area contributed by atoms with Gasteiger partial charge in [-0.3, -0.25) is 0 Å². The molecule has 1 heterocycles. The molecule has 2 atom stereocenters. The summed E-state index contributed by atoms with van der Waals surface area (Å²) in [4.78, 5) is 4.45. The maximum absolute atomic E-state index is 12.2. The molecule has 1 aromatic rings. The summed E-state index contributed by atoms with van der Waals surface area (Å²) < 4.78 is 15.9. The first kappa shape index (κ1) is 15.8. The van der Waals surface area contributed by atoms with Gasteiger partial charge < -0.3 is 0 Å². The maximum Gasteiger partial charge on any atom is 0.106 e. The first-order valence-electron chi connectivity index (χ1n) is 6.15. The van der Waals surface area contributed by atoms with E-state index in [-0.39, 0.29) is 10.8 Å². The largest absolute Gasteiger partial charge is 0.244 e. The molecular formula is C13H21BrN2OS. The molecule has 1 N–H and O–H groups in total. The van der Waals surface area contributed by atoms with Crippen LogP contribution in [0.4, 0.5) is 0 Å². The lowest BCUT2D eigenvalue weighted by molar-refractivity contribution is 0.554. The normalized spacial score (nSPS) is 15.4. The molecule has 0 aliphatic heterocycles. The molecule has 18 heavy (non-hydrogen) atoms. The first-order chi connectivity index (χ1) is 8.34. The Balaban J connectivity index is 2.87. The van der Waals surface area contributed by atoms with E-state index >= 15 is 0 Å². The van der Waals surface area contributed by atoms with Crippen LogP contribution < -0.4 is 4.72 Å². The Hall–Kier alpha value is -0.260. The minimum absolute atomic E-state index is 0.0348. The van der Waals surface area contributed by atoms with Crippen molar-refractivity contribution in [1.29, 1.82) is 0 Å². The fraction of sp³-hybridized carbons (Fsp3) is 0.615. The third kappa shape index (κ3) is 4.78. The van der Waals surface area contributed by atoms with Gasteiger partial charge in [0, 0.05) is 0 Å². The first-order valence-corrected chi connectivity index (χ1v) is 8.09. The summed E-state index contributed by atoms with van der Waals surface area (Å²) in [6, 6.07) is 5.86. The Labute approximate surface area is 120 Å². The van der Waals surface area contributed by atoms with Crippen LogP contribution in [0.5, 0.6) is 0 Å². The average molecular weight is 333 g/mol. The Morgan fingerprint density at radius 3 is 2.61 bits per heavy atom. The van der Waals surface area contributed by atoms with Crippen molar-refractivity contribution in [2.45, 2.75) is 51.3 Å². The Morgan fingerprint density at radius 1 is 1.44 bits per heavy atom. The quantitative estimate of drug-likeness (QED) is 0.834. The van der Waals surface area contributed by atoms with E-state index in [1.807, 2.05) is 39.0 Å². The molecule has 1 rings (SSSR count). The van der Waals surface area contributed by atoms with E-state index in [9.17, 15) is 4.21 Å². The van der Waals surface area contributed by atoms with E-state index in [1.165, 1.54) is 0 Å². The molecule has 0 radical (unpaired) electrons. The summed E-state index contributed by atoms with van der Waals surface area (Å²) in [6.45, 7) is 8.01. The second-order valence-corrected chi connectivity index (χ2v) is 8.04. The van der Waals surface area contributed by atoms with Crippen LogP contribution >= 0.6 is 15.9 Å². The standard InChI is InChI=1S/C13H21BrN2OS/c1-5-7-11(16-18(17)13(2,3)4)10-8-6-9-12(14)15-10/h6,8-9,11,16H,5,7H2,1-4H3/t11-,18+/m1/s1. The van der Waals surface area contributed by atoms with Crippen molar-refractivity contribution in [1.82, 2.24) is 9.71 Å². The van der Waals surface area contributed by atoms with Crippen LogP contribution in [0.2, 0.25) is 0 Å². The Bertz CT molecular complexity index is 418. The Kier molecular flexibility index (Phi) is 5.95. The molecule has 0 aliphatic rings. The monoisotopic (exact) mass is 332 g/mol. The van der Waals surface area contributed by atoms with Gasteiger partial charge in [-0.25, -0.2) is 13.9 Å². The smallest absolute Gasteiger partial charge is 0.106 e. The highest BCUT2D eigenvalue weighted by molar-refractivity contribution is 9.10. The van der Waals surface area contributed by atoms with E-state index in [0.29, 0.717) is 0 Å². The van der Waals surface area contributed by atoms with Gasteiger partial charge in [-0.15, -0.1) is 0 Å². The van der Waals surface area contributed by atoms with Gasteiger partial charge >= 0.3 is 0 Å². The van der Waals surface area contributed by atoms with Crippen LogP contribution in [0.3, 0.4) is 0 Å². The van der Waals surface area contributed by atoms with Gasteiger partial charge in [0.05, 0.1) is 27.5 Å². The SMILES string of the molecule is CCC[C@@H](N[S@@](=O)C(C)(C)C)c1cccc(Br)n1. The number of halogens is 1. The number of hydrogen-bond donors (Lipinski definition) is 1. The van der Waals surface area contributed by atoms with Gasteiger partial charge in [-0.2, -0.15) is 0 Å². The molecule has 0 saturated carbocycles. The molecule has 0 fully saturated rings. The zero-order valence-corrected chi connectivity index (χ0v) is 13.8.